The Bertz CT molecular complexity index is 540. The third-order valence-electron chi connectivity index (χ3n) is 2.45. The minimum Gasteiger partial charge on any atom is -0.308 e. The summed E-state index contributed by atoms with van der Waals surface area (Å²) in [5.41, 5.74) is 2.99. The summed E-state index contributed by atoms with van der Waals surface area (Å²) in [5.74, 6) is 0. The van der Waals surface area contributed by atoms with Gasteiger partial charge in [-0.1, -0.05) is 23.2 Å². The molecular formula is C12H15Cl2N3S. The van der Waals surface area contributed by atoms with E-state index in [0.717, 1.165) is 23.4 Å². The SMILES string of the molecule is CC(C)(C)NCc1cn[nH]c1-c1cc(Cl)sc1Cl. The van der Waals surface area contributed by atoms with Crippen LogP contribution in [0.4, 0.5) is 0 Å². The average molecular weight is 304 g/mol. The average Bonchev–Trinajstić information content (AvgIpc) is 2.80. The van der Waals surface area contributed by atoms with Crippen LogP contribution in [0, 0.1) is 0 Å². The molecule has 6 heteroatoms. The van der Waals surface area contributed by atoms with Crippen molar-refractivity contribution in [1.82, 2.24) is 15.5 Å². The van der Waals surface area contributed by atoms with Gasteiger partial charge >= 0.3 is 0 Å². The third kappa shape index (κ3) is 3.26. The third-order valence-corrected chi connectivity index (χ3v) is 3.94. The topological polar surface area (TPSA) is 40.7 Å². The number of H-pyrrole nitrogens is 1. The highest BCUT2D eigenvalue weighted by Crippen LogP contribution is 2.38. The van der Waals surface area contributed by atoms with Crippen LogP contribution in [0.5, 0.6) is 0 Å². The molecule has 0 spiro atoms. The van der Waals surface area contributed by atoms with Crippen molar-refractivity contribution in [2.75, 3.05) is 0 Å². The van der Waals surface area contributed by atoms with E-state index in [-0.39, 0.29) is 5.54 Å². The van der Waals surface area contributed by atoms with Crippen LogP contribution in [0.25, 0.3) is 11.3 Å². The molecule has 0 aromatic carbocycles. The lowest BCUT2D eigenvalue weighted by Gasteiger charge is -2.20. The van der Waals surface area contributed by atoms with Crippen LogP contribution < -0.4 is 5.32 Å². The summed E-state index contributed by atoms with van der Waals surface area (Å²) in [4.78, 5) is 0. The van der Waals surface area contributed by atoms with E-state index in [9.17, 15) is 0 Å². The Morgan fingerprint density at radius 3 is 2.67 bits per heavy atom. The second-order valence-electron chi connectivity index (χ2n) is 5.11. The van der Waals surface area contributed by atoms with E-state index in [4.69, 9.17) is 23.2 Å². The van der Waals surface area contributed by atoms with Crippen LogP contribution in [0.3, 0.4) is 0 Å². The zero-order valence-corrected chi connectivity index (χ0v) is 12.8. The summed E-state index contributed by atoms with van der Waals surface area (Å²) in [5, 5.41) is 10.5. The second-order valence-corrected chi connectivity index (χ2v) is 7.40. The highest BCUT2D eigenvalue weighted by atomic mass is 35.5. The first-order chi connectivity index (χ1) is 8.37. The summed E-state index contributed by atoms with van der Waals surface area (Å²) >= 11 is 13.5. The molecular weight excluding hydrogens is 289 g/mol. The number of thiophene rings is 1. The lowest BCUT2D eigenvalue weighted by molar-refractivity contribution is 0.424. The molecule has 0 unspecified atom stereocenters. The Labute approximate surface area is 121 Å². The lowest BCUT2D eigenvalue weighted by Crippen LogP contribution is -2.35. The van der Waals surface area contributed by atoms with Gasteiger partial charge in [0.15, 0.2) is 0 Å². The molecule has 2 rings (SSSR count). The van der Waals surface area contributed by atoms with Crippen molar-refractivity contribution in [3.05, 3.63) is 26.5 Å². The van der Waals surface area contributed by atoms with Crippen molar-refractivity contribution in [3.63, 3.8) is 0 Å². The molecule has 2 aromatic heterocycles. The van der Waals surface area contributed by atoms with E-state index >= 15 is 0 Å². The number of aromatic nitrogens is 2. The van der Waals surface area contributed by atoms with E-state index in [1.807, 2.05) is 12.3 Å². The van der Waals surface area contributed by atoms with Crippen molar-refractivity contribution in [3.8, 4) is 11.3 Å². The fraction of sp³-hybridized carbons (Fsp3) is 0.417. The molecule has 2 aromatic rings. The predicted molar refractivity (Wildman–Crippen MR) is 78.5 cm³/mol. The standard InChI is InChI=1S/C12H15Cl2N3S/c1-12(2,3)15-5-7-6-16-17-10(7)8-4-9(13)18-11(8)14/h4,6,15H,5H2,1-3H3,(H,16,17). The minimum atomic E-state index is 0.0601. The first-order valence-corrected chi connectivity index (χ1v) is 7.16. The van der Waals surface area contributed by atoms with E-state index in [0.29, 0.717) is 8.67 Å². The summed E-state index contributed by atoms with van der Waals surface area (Å²) in [6.45, 7) is 7.11. The Morgan fingerprint density at radius 1 is 1.39 bits per heavy atom. The van der Waals surface area contributed by atoms with Crippen LogP contribution in [-0.2, 0) is 6.54 Å². The molecule has 0 radical (unpaired) electrons. The number of hydrogen-bond donors (Lipinski definition) is 2. The maximum Gasteiger partial charge on any atom is 0.104 e. The summed E-state index contributed by atoms with van der Waals surface area (Å²) in [7, 11) is 0. The van der Waals surface area contributed by atoms with E-state index < -0.39 is 0 Å². The van der Waals surface area contributed by atoms with Gasteiger partial charge in [0.05, 0.1) is 16.2 Å². The van der Waals surface area contributed by atoms with Crippen LogP contribution in [0.15, 0.2) is 12.3 Å². The summed E-state index contributed by atoms with van der Waals surface area (Å²) in [6, 6.07) is 1.86. The predicted octanol–water partition coefficient (Wildman–Crippen LogP) is 4.33. The molecule has 0 fully saturated rings. The maximum absolute atomic E-state index is 6.16. The van der Waals surface area contributed by atoms with E-state index in [1.54, 1.807) is 0 Å². The molecule has 0 aliphatic rings. The van der Waals surface area contributed by atoms with Crippen LogP contribution in [-0.4, -0.2) is 15.7 Å². The first kappa shape index (κ1) is 13.9. The van der Waals surface area contributed by atoms with Crippen LogP contribution in [0.1, 0.15) is 26.3 Å². The van der Waals surface area contributed by atoms with E-state index in [1.165, 1.54) is 11.3 Å². The number of nitrogens with one attached hydrogen (secondary N) is 2. The Morgan fingerprint density at radius 2 is 2.11 bits per heavy atom. The number of nitrogens with zero attached hydrogens (tertiary/aromatic N) is 1. The zero-order chi connectivity index (χ0) is 13.3. The van der Waals surface area contributed by atoms with Gasteiger partial charge in [0.25, 0.3) is 0 Å². The molecule has 2 heterocycles. The molecule has 18 heavy (non-hydrogen) atoms. The summed E-state index contributed by atoms with van der Waals surface area (Å²) in [6.07, 6.45) is 1.82. The van der Waals surface area contributed by atoms with Crippen molar-refractivity contribution >= 4 is 34.5 Å². The van der Waals surface area contributed by atoms with Gasteiger partial charge < -0.3 is 5.32 Å². The van der Waals surface area contributed by atoms with Crippen molar-refractivity contribution in [1.29, 1.82) is 0 Å². The van der Waals surface area contributed by atoms with Gasteiger partial charge in [-0.05, 0) is 26.8 Å². The van der Waals surface area contributed by atoms with Gasteiger partial charge in [0, 0.05) is 23.2 Å². The highest BCUT2D eigenvalue weighted by Gasteiger charge is 2.16. The minimum absolute atomic E-state index is 0.0601. The number of halogens is 2. The zero-order valence-electron chi connectivity index (χ0n) is 10.5. The highest BCUT2D eigenvalue weighted by molar-refractivity contribution is 7.20. The molecule has 0 amide bonds. The van der Waals surface area contributed by atoms with Gasteiger partial charge in [-0.15, -0.1) is 11.3 Å². The quantitative estimate of drug-likeness (QED) is 0.886. The number of aromatic amines is 1. The molecule has 0 bridgehead atoms. The van der Waals surface area contributed by atoms with Gasteiger partial charge in [0.1, 0.15) is 4.34 Å². The maximum atomic E-state index is 6.16. The van der Waals surface area contributed by atoms with Crippen molar-refractivity contribution in [2.24, 2.45) is 0 Å². The Hall–Kier alpha value is -0.550. The normalized spacial score (nSPS) is 12.1. The van der Waals surface area contributed by atoms with Crippen LogP contribution in [0.2, 0.25) is 8.67 Å². The molecule has 2 N–H and O–H groups in total. The molecule has 0 aliphatic carbocycles. The van der Waals surface area contributed by atoms with Gasteiger partial charge in [0.2, 0.25) is 0 Å². The molecule has 0 atom stereocenters. The van der Waals surface area contributed by atoms with Crippen LogP contribution >= 0.6 is 34.5 Å². The van der Waals surface area contributed by atoms with Gasteiger partial charge in [-0.25, -0.2) is 0 Å². The largest absolute Gasteiger partial charge is 0.308 e. The Balaban J connectivity index is 2.25. The molecule has 0 aliphatic heterocycles. The van der Waals surface area contributed by atoms with E-state index in [2.05, 4.69) is 36.3 Å². The fourth-order valence-corrected chi connectivity index (χ4v) is 3.03. The van der Waals surface area contributed by atoms with Crippen molar-refractivity contribution in [2.45, 2.75) is 32.9 Å². The smallest absolute Gasteiger partial charge is 0.104 e. The lowest BCUT2D eigenvalue weighted by atomic mass is 10.1. The monoisotopic (exact) mass is 303 g/mol. The molecule has 0 saturated carbocycles. The van der Waals surface area contributed by atoms with Gasteiger partial charge in [-0.3, -0.25) is 5.10 Å². The molecule has 3 nitrogen and oxygen atoms in total. The Kier molecular flexibility index (Phi) is 4.02. The second kappa shape index (κ2) is 5.21. The summed E-state index contributed by atoms with van der Waals surface area (Å²) < 4.78 is 1.36. The number of rotatable bonds is 3. The molecule has 98 valence electrons. The molecule has 0 saturated heterocycles. The van der Waals surface area contributed by atoms with Crippen molar-refractivity contribution < 1.29 is 0 Å². The number of hydrogen-bond acceptors (Lipinski definition) is 3. The van der Waals surface area contributed by atoms with Gasteiger partial charge in [-0.2, -0.15) is 5.10 Å². The first-order valence-electron chi connectivity index (χ1n) is 5.59. The fourth-order valence-electron chi connectivity index (χ4n) is 1.55.